The largest absolute Gasteiger partial charge is 0.427 e. The van der Waals surface area contributed by atoms with Gasteiger partial charge in [-0.05, 0) is 32.8 Å². The number of carbonyl (C=O) groups is 4. The van der Waals surface area contributed by atoms with Crippen molar-refractivity contribution in [3.8, 4) is 0 Å². The molecule has 0 radical (unpaired) electrons. The maximum atomic E-state index is 13.1. The van der Waals surface area contributed by atoms with Crippen molar-refractivity contribution in [1.82, 2.24) is 15.2 Å². The molecule has 2 amide bonds. The highest BCUT2D eigenvalue weighted by Gasteiger charge is 2.54. The zero-order chi connectivity index (χ0) is 26.6. The molecule has 0 aliphatic carbocycles. The lowest BCUT2D eigenvalue weighted by molar-refractivity contribution is -0.173. The average Bonchev–Trinajstić information content (AvgIpc) is 3.25. The van der Waals surface area contributed by atoms with E-state index < -0.39 is 47.4 Å². The molecular weight excluding hydrogens is 508 g/mol. The summed E-state index contributed by atoms with van der Waals surface area (Å²) < 4.78 is 15.4. The summed E-state index contributed by atoms with van der Waals surface area (Å²) >= 11 is 2.62. The number of thiazole rings is 1. The Morgan fingerprint density at radius 2 is 2.03 bits per heavy atom. The van der Waals surface area contributed by atoms with Crippen molar-refractivity contribution in [1.29, 1.82) is 0 Å². The van der Waals surface area contributed by atoms with Gasteiger partial charge in [-0.1, -0.05) is 13.0 Å². The second-order valence-corrected chi connectivity index (χ2v) is 11.1. The molecule has 196 valence electrons. The van der Waals surface area contributed by atoms with Gasteiger partial charge in [0.15, 0.2) is 5.13 Å². The molecule has 2 atom stereocenters. The van der Waals surface area contributed by atoms with E-state index in [-0.39, 0.29) is 12.3 Å². The number of hydrogen-bond acceptors (Lipinski definition) is 11. The minimum absolute atomic E-state index is 0.0412. The number of allylic oxidation sites excluding steroid dienone is 1. The number of nitrogen functional groups attached to an aromatic ring is 1. The number of carbonyl (C=O) groups excluding carboxylic acids is 4. The van der Waals surface area contributed by atoms with Crippen molar-refractivity contribution in [3.63, 3.8) is 0 Å². The lowest BCUT2D eigenvalue weighted by Gasteiger charge is -2.49. The maximum absolute atomic E-state index is 13.1. The van der Waals surface area contributed by atoms with Crippen LogP contribution in [0.5, 0.6) is 0 Å². The molecule has 1 saturated heterocycles. The molecular formula is C23H30N4O7S2. The van der Waals surface area contributed by atoms with Crippen molar-refractivity contribution in [3.05, 3.63) is 28.4 Å². The van der Waals surface area contributed by atoms with E-state index in [1.165, 1.54) is 35.1 Å². The van der Waals surface area contributed by atoms with Gasteiger partial charge in [-0.2, -0.15) is 0 Å². The van der Waals surface area contributed by atoms with Crippen LogP contribution in [0.25, 0.3) is 5.57 Å². The number of esters is 2. The Bertz CT molecular complexity index is 1110. The number of aromatic nitrogens is 1. The summed E-state index contributed by atoms with van der Waals surface area (Å²) in [5.41, 5.74) is 6.33. The van der Waals surface area contributed by atoms with Crippen LogP contribution in [0.2, 0.25) is 0 Å². The van der Waals surface area contributed by atoms with E-state index in [2.05, 4.69) is 10.3 Å². The van der Waals surface area contributed by atoms with Gasteiger partial charge in [-0.3, -0.25) is 19.3 Å². The van der Waals surface area contributed by atoms with Gasteiger partial charge in [0, 0.05) is 18.2 Å². The summed E-state index contributed by atoms with van der Waals surface area (Å²) in [4.78, 5) is 56.5. The van der Waals surface area contributed by atoms with Gasteiger partial charge in [0.05, 0.1) is 23.3 Å². The number of ether oxygens (including phenoxy) is 3. The van der Waals surface area contributed by atoms with Gasteiger partial charge in [0.1, 0.15) is 17.1 Å². The molecule has 0 saturated carbocycles. The van der Waals surface area contributed by atoms with Crippen LogP contribution in [0.3, 0.4) is 0 Å². The number of nitrogens with zero attached hydrogens (tertiary/aromatic N) is 2. The van der Waals surface area contributed by atoms with Gasteiger partial charge in [-0.15, -0.1) is 23.1 Å². The van der Waals surface area contributed by atoms with Crippen LogP contribution in [0, 0.1) is 5.41 Å². The predicted octanol–water partition coefficient (Wildman–Crippen LogP) is 1.91. The number of hydrogen-bond donors (Lipinski definition) is 2. The Balaban J connectivity index is 1.73. The topological polar surface area (TPSA) is 150 Å². The molecule has 36 heavy (non-hydrogen) atoms. The Morgan fingerprint density at radius 3 is 2.61 bits per heavy atom. The molecule has 11 nitrogen and oxygen atoms in total. The lowest BCUT2D eigenvalue weighted by Crippen LogP contribution is -2.70. The number of rotatable bonds is 9. The normalized spacial score (nSPS) is 20.0. The van der Waals surface area contributed by atoms with Gasteiger partial charge in [-0.25, -0.2) is 9.78 Å². The van der Waals surface area contributed by atoms with Crippen molar-refractivity contribution >= 4 is 57.6 Å². The summed E-state index contributed by atoms with van der Waals surface area (Å²) in [6.07, 6.45) is 2.30. The van der Waals surface area contributed by atoms with Gasteiger partial charge in [0.25, 0.3) is 11.8 Å². The molecule has 1 fully saturated rings. The Hall–Kier alpha value is -2.90. The highest BCUT2D eigenvalue weighted by molar-refractivity contribution is 8.00. The van der Waals surface area contributed by atoms with E-state index in [4.69, 9.17) is 19.9 Å². The smallest absolute Gasteiger partial charge is 0.358 e. The maximum Gasteiger partial charge on any atom is 0.358 e. The van der Waals surface area contributed by atoms with Gasteiger partial charge < -0.3 is 25.3 Å². The van der Waals surface area contributed by atoms with E-state index in [1.54, 1.807) is 32.2 Å². The molecule has 3 rings (SSSR count). The first-order valence-electron chi connectivity index (χ1n) is 11.2. The zero-order valence-electron chi connectivity index (χ0n) is 20.8. The van der Waals surface area contributed by atoms with Gasteiger partial charge >= 0.3 is 11.9 Å². The third kappa shape index (κ3) is 5.90. The van der Waals surface area contributed by atoms with Crippen molar-refractivity contribution in [2.24, 2.45) is 5.41 Å². The number of anilines is 1. The van der Waals surface area contributed by atoms with Crippen molar-refractivity contribution < 1.29 is 33.4 Å². The standard InChI is InChI=1S/C23H30N4O7S2/c1-6-7-13(14-10-36-22(24)25-14)17(28)26-15-18(29)27-16(12(8-32-5)9-35-19(15)27)20(30)33-11-34-21(31)23(2,3)4/h7,10,15,19H,6,8-9,11H2,1-5H3,(H2,24,25)(H,26,28)/t15-,19+/m1/s1. The molecule has 2 aliphatic rings. The molecule has 0 aromatic carbocycles. The van der Waals surface area contributed by atoms with Crippen molar-refractivity contribution in [2.45, 2.75) is 45.5 Å². The van der Waals surface area contributed by atoms with E-state index in [0.29, 0.717) is 34.1 Å². The number of methoxy groups -OCH3 is 1. The lowest BCUT2D eigenvalue weighted by atomic mass is 9.98. The van der Waals surface area contributed by atoms with Gasteiger partial charge in [0.2, 0.25) is 6.79 Å². The Labute approximate surface area is 217 Å². The van der Waals surface area contributed by atoms with Crippen LogP contribution >= 0.6 is 23.1 Å². The van der Waals surface area contributed by atoms with Crippen LogP contribution in [-0.4, -0.2) is 71.3 Å². The molecule has 3 heterocycles. The average molecular weight is 539 g/mol. The summed E-state index contributed by atoms with van der Waals surface area (Å²) in [6.45, 7) is 6.45. The first kappa shape index (κ1) is 27.7. The number of nitrogens with one attached hydrogen (secondary N) is 1. The quantitative estimate of drug-likeness (QED) is 0.206. The summed E-state index contributed by atoms with van der Waals surface area (Å²) in [5.74, 6) is -1.86. The number of amides is 2. The SMILES string of the molecule is CCC=C(C(=O)N[C@@H]1C(=O)N2C(C(=O)OCOC(=O)C(C)(C)C)=C(COC)CS[C@@H]12)c1csc(N)n1. The van der Waals surface area contributed by atoms with E-state index in [1.807, 2.05) is 6.92 Å². The van der Waals surface area contributed by atoms with Crippen LogP contribution in [-0.2, 0) is 33.4 Å². The summed E-state index contributed by atoms with van der Waals surface area (Å²) in [7, 11) is 1.48. The fraction of sp³-hybridized carbons (Fsp3) is 0.522. The second kappa shape index (κ2) is 11.4. The number of nitrogens with two attached hydrogens (primary N) is 1. The molecule has 1 aromatic heterocycles. The number of fused-ring (bicyclic) bond motifs is 1. The second-order valence-electron chi connectivity index (χ2n) is 9.07. The molecule has 1 aromatic rings. The van der Waals surface area contributed by atoms with Crippen LogP contribution in [0.1, 0.15) is 39.8 Å². The summed E-state index contributed by atoms with van der Waals surface area (Å²) in [6, 6.07) is -0.843. The monoisotopic (exact) mass is 538 g/mol. The van der Waals surface area contributed by atoms with Crippen LogP contribution in [0.15, 0.2) is 22.7 Å². The van der Waals surface area contributed by atoms with E-state index >= 15 is 0 Å². The van der Waals surface area contributed by atoms with Crippen LogP contribution < -0.4 is 11.1 Å². The number of β-lactam (4-membered cyclic amide) rings is 1. The number of thioether (sulfide) groups is 1. The Morgan fingerprint density at radius 1 is 1.31 bits per heavy atom. The molecule has 3 N–H and O–H groups in total. The summed E-state index contributed by atoms with van der Waals surface area (Å²) in [5, 5.41) is 4.27. The first-order valence-corrected chi connectivity index (χ1v) is 13.1. The molecule has 2 aliphatic heterocycles. The first-order chi connectivity index (χ1) is 17.0. The molecule has 13 heteroatoms. The minimum atomic E-state index is -0.843. The highest BCUT2D eigenvalue weighted by atomic mass is 32.2. The molecule has 0 unspecified atom stereocenters. The third-order valence-corrected chi connectivity index (χ3v) is 7.30. The highest BCUT2D eigenvalue weighted by Crippen LogP contribution is 2.41. The fourth-order valence-corrected chi connectivity index (χ4v) is 5.42. The third-order valence-electron chi connectivity index (χ3n) is 5.29. The predicted molar refractivity (Wildman–Crippen MR) is 135 cm³/mol. The Kier molecular flexibility index (Phi) is 8.80. The van der Waals surface area contributed by atoms with E-state index in [9.17, 15) is 19.2 Å². The van der Waals surface area contributed by atoms with Crippen molar-refractivity contribution in [2.75, 3.05) is 32.0 Å². The minimum Gasteiger partial charge on any atom is -0.427 e. The fourth-order valence-electron chi connectivity index (χ4n) is 3.53. The zero-order valence-corrected chi connectivity index (χ0v) is 22.4. The molecule has 0 bridgehead atoms. The van der Waals surface area contributed by atoms with E-state index in [0.717, 1.165) is 0 Å². The molecule has 0 spiro atoms. The van der Waals surface area contributed by atoms with Crippen LogP contribution in [0.4, 0.5) is 5.13 Å².